The number of alkyl halides is 2. The number of hydrogen-bond acceptors (Lipinski definition) is 4. The number of fused-ring (bicyclic) bond motifs is 2. The monoisotopic (exact) mass is 339 g/mol. The van der Waals surface area contributed by atoms with Gasteiger partial charge < -0.3 is 14.4 Å². The summed E-state index contributed by atoms with van der Waals surface area (Å²) in [6.45, 7) is 0.0673. The highest BCUT2D eigenvalue weighted by molar-refractivity contribution is 5.77. The maximum absolute atomic E-state index is 13.3. The number of carbonyl (C=O) groups is 2. The highest BCUT2D eigenvalue weighted by Crippen LogP contribution is 2.48. The van der Waals surface area contributed by atoms with Crippen molar-refractivity contribution in [2.24, 2.45) is 11.8 Å². The summed E-state index contributed by atoms with van der Waals surface area (Å²) >= 11 is 0. The Labute approximate surface area is 138 Å². The van der Waals surface area contributed by atoms with Crippen molar-refractivity contribution in [3.05, 3.63) is 35.9 Å². The first-order valence-electron chi connectivity index (χ1n) is 7.88. The smallest absolute Gasteiger partial charge is 0.410 e. The van der Waals surface area contributed by atoms with E-state index in [4.69, 9.17) is 9.47 Å². The van der Waals surface area contributed by atoms with Gasteiger partial charge in [0.05, 0.1) is 19.1 Å². The zero-order valence-electron chi connectivity index (χ0n) is 13.2. The largest absolute Gasteiger partial charge is 0.469 e. The Morgan fingerprint density at radius 3 is 2.58 bits per heavy atom. The molecule has 3 rings (SSSR count). The SMILES string of the molecule is COC(=O)C1CC2CC(C(F)F)C1N2C(=O)OCc1ccccc1. The Morgan fingerprint density at radius 1 is 1.25 bits per heavy atom. The van der Waals surface area contributed by atoms with Crippen LogP contribution in [0.25, 0.3) is 0 Å². The number of amides is 1. The van der Waals surface area contributed by atoms with Crippen molar-refractivity contribution in [2.45, 2.75) is 38.0 Å². The number of ether oxygens (including phenoxy) is 2. The summed E-state index contributed by atoms with van der Waals surface area (Å²) in [4.78, 5) is 25.6. The van der Waals surface area contributed by atoms with Gasteiger partial charge in [-0.15, -0.1) is 0 Å². The van der Waals surface area contributed by atoms with Crippen LogP contribution in [0.1, 0.15) is 18.4 Å². The Balaban J connectivity index is 1.72. The quantitative estimate of drug-likeness (QED) is 0.792. The van der Waals surface area contributed by atoms with Crippen LogP contribution in [-0.4, -0.2) is 42.6 Å². The molecular formula is C17H19F2NO4. The number of esters is 1. The molecule has 2 bridgehead atoms. The van der Waals surface area contributed by atoms with Crippen LogP contribution in [-0.2, 0) is 20.9 Å². The average molecular weight is 339 g/mol. The topological polar surface area (TPSA) is 55.8 Å². The third-order valence-corrected chi connectivity index (χ3v) is 4.88. The molecule has 1 amide bonds. The molecule has 4 unspecified atom stereocenters. The minimum Gasteiger partial charge on any atom is -0.469 e. The molecule has 0 spiro atoms. The Bertz CT molecular complexity index is 610. The Kier molecular flexibility index (Phi) is 4.69. The number of halogens is 2. The number of benzene rings is 1. The van der Waals surface area contributed by atoms with Crippen molar-refractivity contribution in [1.29, 1.82) is 0 Å². The average Bonchev–Trinajstić information content (AvgIpc) is 3.15. The number of methoxy groups -OCH3 is 1. The van der Waals surface area contributed by atoms with Crippen LogP contribution in [0.5, 0.6) is 0 Å². The van der Waals surface area contributed by atoms with Crippen molar-refractivity contribution < 1.29 is 27.8 Å². The molecular weight excluding hydrogens is 320 g/mol. The van der Waals surface area contributed by atoms with Crippen LogP contribution in [0.4, 0.5) is 13.6 Å². The zero-order valence-corrected chi connectivity index (χ0v) is 13.2. The molecule has 24 heavy (non-hydrogen) atoms. The van der Waals surface area contributed by atoms with E-state index in [9.17, 15) is 18.4 Å². The van der Waals surface area contributed by atoms with Gasteiger partial charge in [0, 0.05) is 12.0 Å². The second-order valence-electron chi connectivity index (χ2n) is 6.19. The van der Waals surface area contributed by atoms with Crippen LogP contribution >= 0.6 is 0 Å². The summed E-state index contributed by atoms with van der Waals surface area (Å²) in [7, 11) is 1.23. The lowest BCUT2D eigenvalue weighted by atomic mass is 9.81. The van der Waals surface area contributed by atoms with E-state index in [-0.39, 0.29) is 13.0 Å². The van der Waals surface area contributed by atoms with Gasteiger partial charge in [-0.1, -0.05) is 30.3 Å². The summed E-state index contributed by atoms with van der Waals surface area (Å²) in [5.74, 6) is -2.28. The van der Waals surface area contributed by atoms with Gasteiger partial charge in [-0.3, -0.25) is 4.79 Å². The molecule has 0 radical (unpaired) electrons. The van der Waals surface area contributed by atoms with Gasteiger partial charge in [0.15, 0.2) is 0 Å². The third kappa shape index (κ3) is 2.95. The summed E-state index contributed by atoms with van der Waals surface area (Å²) in [5.41, 5.74) is 0.812. The molecule has 0 saturated carbocycles. The van der Waals surface area contributed by atoms with Crippen molar-refractivity contribution >= 4 is 12.1 Å². The highest BCUT2D eigenvalue weighted by Gasteiger charge is 2.59. The van der Waals surface area contributed by atoms with Gasteiger partial charge in [0.1, 0.15) is 6.61 Å². The molecule has 4 atom stereocenters. The zero-order chi connectivity index (χ0) is 17.3. The molecule has 0 aliphatic carbocycles. The third-order valence-electron chi connectivity index (χ3n) is 4.88. The van der Waals surface area contributed by atoms with Crippen LogP contribution in [0.15, 0.2) is 30.3 Å². The molecule has 5 nitrogen and oxygen atoms in total. The van der Waals surface area contributed by atoms with E-state index in [0.717, 1.165) is 5.56 Å². The lowest BCUT2D eigenvalue weighted by Crippen LogP contribution is -2.43. The maximum Gasteiger partial charge on any atom is 0.410 e. The lowest BCUT2D eigenvalue weighted by Gasteiger charge is -2.27. The van der Waals surface area contributed by atoms with Gasteiger partial charge in [-0.05, 0) is 18.4 Å². The Morgan fingerprint density at radius 2 is 1.96 bits per heavy atom. The van der Waals surface area contributed by atoms with Crippen LogP contribution in [0.3, 0.4) is 0 Å². The predicted molar refractivity (Wildman–Crippen MR) is 80.3 cm³/mol. The van der Waals surface area contributed by atoms with E-state index < -0.39 is 42.4 Å². The van der Waals surface area contributed by atoms with Crippen molar-refractivity contribution in [2.75, 3.05) is 7.11 Å². The van der Waals surface area contributed by atoms with Crippen LogP contribution in [0.2, 0.25) is 0 Å². The second-order valence-corrected chi connectivity index (χ2v) is 6.19. The van der Waals surface area contributed by atoms with E-state index >= 15 is 0 Å². The van der Waals surface area contributed by atoms with Crippen molar-refractivity contribution in [1.82, 2.24) is 4.90 Å². The lowest BCUT2D eigenvalue weighted by molar-refractivity contribution is -0.147. The molecule has 0 aromatic heterocycles. The fourth-order valence-electron chi connectivity index (χ4n) is 3.86. The molecule has 2 fully saturated rings. The van der Waals surface area contributed by atoms with Gasteiger partial charge in [-0.25, -0.2) is 13.6 Å². The van der Waals surface area contributed by atoms with Gasteiger partial charge in [0.2, 0.25) is 6.43 Å². The van der Waals surface area contributed by atoms with E-state index in [1.165, 1.54) is 12.0 Å². The molecule has 1 aromatic rings. The molecule has 2 saturated heterocycles. The molecule has 2 aliphatic heterocycles. The molecule has 2 aliphatic rings. The summed E-state index contributed by atoms with van der Waals surface area (Å²) in [6, 6.07) is 7.86. The summed E-state index contributed by atoms with van der Waals surface area (Å²) in [5, 5.41) is 0. The molecule has 7 heteroatoms. The van der Waals surface area contributed by atoms with Crippen molar-refractivity contribution in [3.63, 3.8) is 0 Å². The molecule has 130 valence electrons. The van der Waals surface area contributed by atoms with E-state index in [1.807, 2.05) is 30.3 Å². The van der Waals surface area contributed by atoms with E-state index in [2.05, 4.69) is 0 Å². The van der Waals surface area contributed by atoms with Gasteiger partial charge in [0.25, 0.3) is 0 Å². The van der Waals surface area contributed by atoms with Gasteiger partial charge in [-0.2, -0.15) is 0 Å². The minimum absolute atomic E-state index is 0.0673. The summed E-state index contributed by atoms with van der Waals surface area (Å²) < 4.78 is 36.6. The fourth-order valence-corrected chi connectivity index (χ4v) is 3.86. The number of nitrogens with zero attached hydrogens (tertiary/aromatic N) is 1. The fraction of sp³-hybridized carbons (Fsp3) is 0.529. The first-order valence-corrected chi connectivity index (χ1v) is 7.88. The molecule has 1 aromatic carbocycles. The normalized spacial score (nSPS) is 28.2. The van der Waals surface area contributed by atoms with Crippen LogP contribution < -0.4 is 0 Å². The van der Waals surface area contributed by atoms with Crippen molar-refractivity contribution in [3.8, 4) is 0 Å². The van der Waals surface area contributed by atoms with E-state index in [1.54, 1.807) is 0 Å². The molecule has 2 heterocycles. The van der Waals surface area contributed by atoms with Crippen LogP contribution in [0, 0.1) is 11.8 Å². The predicted octanol–water partition coefficient (Wildman–Crippen LogP) is 2.84. The Hall–Kier alpha value is -2.18. The number of carbonyl (C=O) groups excluding carboxylic acids is 2. The number of rotatable bonds is 4. The first-order chi connectivity index (χ1) is 11.5. The number of hydrogen-bond donors (Lipinski definition) is 0. The standard InChI is InChI=1S/C17H19F2NO4/c1-23-16(21)13-8-11-7-12(15(18)19)14(13)20(11)17(22)24-9-10-5-3-2-4-6-10/h2-6,11-15H,7-9H2,1H3. The van der Waals surface area contributed by atoms with E-state index in [0.29, 0.717) is 6.42 Å². The van der Waals surface area contributed by atoms with Gasteiger partial charge >= 0.3 is 12.1 Å². The molecule has 0 N–H and O–H groups in total. The summed E-state index contributed by atoms with van der Waals surface area (Å²) in [6.07, 6.45) is -2.70. The maximum atomic E-state index is 13.3. The first kappa shape index (κ1) is 16.7. The second kappa shape index (κ2) is 6.75. The highest BCUT2D eigenvalue weighted by atomic mass is 19.3. The minimum atomic E-state index is -2.59.